The van der Waals surface area contributed by atoms with Crippen molar-refractivity contribution in [3.8, 4) is 0 Å². The number of Topliss-reactive ketones (excluding diaryl/α,β-unsaturated/α-hetero) is 1. The van der Waals surface area contributed by atoms with Crippen molar-refractivity contribution in [1.29, 1.82) is 0 Å². The average molecular weight is 164 g/mol. The minimum atomic E-state index is 0. The molecule has 0 atom stereocenters. The van der Waals surface area contributed by atoms with Crippen molar-refractivity contribution in [1.82, 2.24) is 0 Å². The molecule has 1 aromatic carbocycles. The summed E-state index contributed by atoms with van der Waals surface area (Å²) in [6.45, 7) is 1.52. The van der Waals surface area contributed by atoms with Crippen molar-refractivity contribution in [2.75, 3.05) is 0 Å². The van der Waals surface area contributed by atoms with E-state index < -0.39 is 0 Å². The normalized spacial score (nSPS) is 7.92. The zero-order valence-electron chi connectivity index (χ0n) is 6.69. The van der Waals surface area contributed by atoms with Crippen molar-refractivity contribution >= 4 is 19.1 Å². The zero-order valence-corrected chi connectivity index (χ0v) is 6.69. The fraction of sp³-hybridized carbons (Fsp3) is 0.125. The molecule has 4 heteroatoms. The molecule has 0 heterocycles. The first-order chi connectivity index (χ1) is 4.70. The van der Waals surface area contributed by atoms with Crippen LogP contribution in [-0.2, 0) is 0 Å². The first-order valence-corrected chi connectivity index (χ1v) is 3.06. The Balaban J connectivity index is 0. The van der Waals surface area contributed by atoms with Crippen molar-refractivity contribution in [3.63, 3.8) is 0 Å². The molecule has 0 saturated carbocycles. The van der Waals surface area contributed by atoms with E-state index in [-0.39, 0.29) is 16.7 Å². The number of hydrogen-bond acceptors (Lipinski definition) is 3. The van der Waals surface area contributed by atoms with E-state index in [0.29, 0.717) is 11.0 Å². The molecule has 0 saturated heterocycles. The van der Waals surface area contributed by atoms with E-state index in [2.05, 4.69) is 0 Å². The Labute approximate surface area is 72.4 Å². The molecule has 12 heavy (non-hydrogen) atoms. The van der Waals surface area contributed by atoms with E-state index in [1.807, 2.05) is 0 Å². The Morgan fingerprint density at radius 2 is 1.92 bits per heavy atom. The molecule has 3 nitrogen and oxygen atoms in total. The first kappa shape index (κ1) is 13.5. The number of carbonyl (C=O) groups excluding carboxylic acids is 1. The molecular weight excluding hydrogens is 155 g/mol. The van der Waals surface area contributed by atoms with Crippen LogP contribution in [0, 0.1) is 0 Å². The van der Waals surface area contributed by atoms with E-state index in [1.165, 1.54) is 6.92 Å². The van der Waals surface area contributed by atoms with Crippen LogP contribution in [0.25, 0.3) is 0 Å². The molecular formula is C8H9BO3. The number of benzene rings is 1. The predicted octanol–water partition coefficient (Wildman–Crippen LogP) is 0.329. The topological polar surface area (TPSA) is 77.1 Å². The maximum Gasteiger partial charge on any atom is -0.870 e. The summed E-state index contributed by atoms with van der Waals surface area (Å²) in [6, 6.07) is 6.94. The van der Waals surface area contributed by atoms with Gasteiger partial charge in [-0.3, -0.25) is 0 Å². The largest absolute Gasteiger partial charge is 0.870 e. The summed E-state index contributed by atoms with van der Waals surface area (Å²) in [4.78, 5) is 10.7. The first-order valence-electron chi connectivity index (χ1n) is 3.06. The standard InChI is InChI=1S/C8H7BO.2H2O/c1-6(10)7-3-2-4-8(9)5-7;;/h2-5H,1H3;2*1H2/q+2;;/p-2. The summed E-state index contributed by atoms with van der Waals surface area (Å²) in [5.41, 5.74) is 1.30. The van der Waals surface area contributed by atoms with Gasteiger partial charge in [0.1, 0.15) is 0 Å². The van der Waals surface area contributed by atoms with Gasteiger partial charge in [0.05, 0.1) is 0 Å². The second-order valence-electron chi connectivity index (χ2n) is 2.18. The minimum Gasteiger partial charge on any atom is -0.870 e. The Morgan fingerprint density at radius 3 is 2.25 bits per heavy atom. The van der Waals surface area contributed by atoms with E-state index in [0.717, 1.165) is 0 Å². The van der Waals surface area contributed by atoms with Gasteiger partial charge in [-0.25, -0.2) is 0 Å². The van der Waals surface area contributed by atoms with Gasteiger partial charge in [-0.1, -0.05) is 0 Å². The predicted molar refractivity (Wildman–Crippen MR) is 45.7 cm³/mol. The van der Waals surface area contributed by atoms with Crippen molar-refractivity contribution in [2.45, 2.75) is 6.92 Å². The van der Waals surface area contributed by atoms with Gasteiger partial charge < -0.3 is 11.0 Å². The molecule has 1 rings (SSSR count). The molecule has 0 bridgehead atoms. The zero-order chi connectivity index (χ0) is 7.56. The molecule has 2 N–H and O–H groups in total. The second-order valence-corrected chi connectivity index (χ2v) is 2.18. The molecule has 0 aromatic heterocycles. The third-order valence-corrected chi connectivity index (χ3v) is 1.29. The minimum absolute atomic E-state index is 0. The molecule has 1 aromatic rings. The fourth-order valence-corrected chi connectivity index (χ4v) is 0.758. The molecule has 0 spiro atoms. The summed E-state index contributed by atoms with van der Waals surface area (Å²) in [5, 5.41) is 0. The van der Waals surface area contributed by atoms with Gasteiger partial charge in [0.25, 0.3) is 0 Å². The molecule has 0 aliphatic heterocycles. The fourth-order valence-electron chi connectivity index (χ4n) is 0.758. The smallest absolute Gasteiger partial charge is 0.870 e. The van der Waals surface area contributed by atoms with E-state index in [9.17, 15) is 4.79 Å². The maximum absolute atomic E-state index is 10.7. The maximum atomic E-state index is 10.7. The number of carbonyl (C=O) groups is 1. The van der Waals surface area contributed by atoms with Crippen LogP contribution >= 0.6 is 0 Å². The molecule has 0 unspecified atom stereocenters. The van der Waals surface area contributed by atoms with E-state index in [4.69, 9.17) is 7.85 Å². The van der Waals surface area contributed by atoms with Gasteiger partial charge in [-0.15, -0.1) is 0 Å². The molecule has 0 amide bonds. The van der Waals surface area contributed by atoms with Gasteiger partial charge in [0.2, 0.25) is 0 Å². The number of hydrogen-bond donors (Lipinski definition) is 0. The molecule has 0 radical (unpaired) electrons. The van der Waals surface area contributed by atoms with E-state index in [1.54, 1.807) is 24.3 Å². The molecule has 62 valence electrons. The monoisotopic (exact) mass is 164 g/mol. The Morgan fingerprint density at radius 1 is 1.33 bits per heavy atom. The molecule has 0 aliphatic rings. The summed E-state index contributed by atoms with van der Waals surface area (Å²) in [5.74, 6) is 0.0484. The van der Waals surface area contributed by atoms with Crippen LogP contribution in [0.15, 0.2) is 24.3 Å². The van der Waals surface area contributed by atoms with E-state index >= 15 is 0 Å². The third kappa shape index (κ3) is 3.32. The third-order valence-electron chi connectivity index (χ3n) is 1.29. The van der Waals surface area contributed by atoms with Crippen molar-refractivity contribution in [2.24, 2.45) is 0 Å². The second kappa shape index (κ2) is 5.52. The Kier molecular flexibility index (Phi) is 6.19. The Hall–Kier alpha value is -1.13. The van der Waals surface area contributed by atoms with Gasteiger partial charge in [0, 0.05) is 0 Å². The Bertz CT molecular complexity index is 260. The quantitative estimate of drug-likeness (QED) is 0.443. The van der Waals surface area contributed by atoms with Crippen LogP contribution in [0.5, 0.6) is 0 Å². The van der Waals surface area contributed by atoms with Crippen molar-refractivity contribution < 1.29 is 15.7 Å². The van der Waals surface area contributed by atoms with Gasteiger partial charge in [-0.05, 0) is 0 Å². The summed E-state index contributed by atoms with van der Waals surface area (Å²) in [6.07, 6.45) is 0. The molecule has 0 aliphatic carbocycles. The van der Waals surface area contributed by atoms with Crippen LogP contribution < -0.4 is 5.46 Å². The van der Waals surface area contributed by atoms with Crippen LogP contribution in [0.3, 0.4) is 0 Å². The van der Waals surface area contributed by atoms with Crippen LogP contribution in [0.2, 0.25) is 0 Å². The summed E-state index contributed by atoms with van der Waals surface area (Å²) in [7, 11) is 5.44. The van der Waals surface area contributed by atoms with Crippen molar-refractivity contribution in [3.05, 3.63) is 29.8 Å². The van der Waals surface area contributed by atoms with Crippen LogP contribution in [0.1, 0.15) is 17.3 Å². The SMILES string of the molecule is [B+2]c1cccc(C(C)=O)c1.[OH-].[OH-]. The number of rotatable bonds is 1. The summed E-state index contributed by atoms with van der Waals surface area (Å²) < 4.78 is 0. The van der Waals surface area contributed by atoms with Gasteiger partial charge in [0.15, 0.2) is 0 Å². The van der Waals surface area contributed by atoms with Crippen LogP contribution in [0.4, 0.5) is 0 Å². The molecule has 0 fully saturated rings. The van der Waals surface area contributed by atoms with Crippen LogP contribution in [-0.4, -0.2) is 24.6 Å². The van der Waals surface area contributed by atoms with Gasteiger partial charge >= 0.3 is 60.6 Å². The number of ketones is 1. The van der Waals surface area contributed by atoms with Gasteiger partial charge in [-0.2, -0.15) is 0 Å². The average Bonchev–Trinajstić information content (AvgIpc) is 1.88. The summed E-state index contributed by atoms with van der Waals surface area (Å²) >= 11 is 0.